The third kappa shape index (κ3) is 3.07. The Morgan fingerprint density at radius 1 is 1.33 bits per heavy atom. The van der Waals surface area contributed by atoms with Crippen LogP contribution in [0.5, 0.6) is 0 Å². The molecule has 3 rings (SSSR count). The number of aliphatic hydroxyl groups is 1. The maximum atomic E-state index is 10.6. The van der Waals surface area contributed by atoms with Gasteiger partial charge in [-0.3, -0.25) is 4.57 Å². The van der Waals surface area contributed by atoms with E-state index < -0.39 is 24.5 Å². The minimum Gasteiger partial charge on any atom is -0.386 e. The molecule has 0 amide bonds. The summed E-state index contributed by atoms with van der Waals surface area (Å²) in [7, 11) is 1.54. The molecular formula is C15H23N5O4. The lowest BCUT2D eigenvalue weighted by atomic mass is 10.1. The van der Waals surface area contributed by atoms with Gasteiger partial charge in [-0.2, -0.15) is 0 Å². The van der Waals surface area contributed by atoms with E-state index in [2.05, 4.69) is 15.0 Å². The Kier molecular flexibility index (Phi) is 4.43. The second kappa shape index (κ2) is 6.25. The summed E-state index contributed by atoms with van der Waals surface area (Å²) >= 11 is 0. The largest absolute Gasteiger partial charge is 0.386 e. The standard InChI is InChI=1S/C15H23N5O4/c1-15(2,3)23-5-8-11(22-4)10(21)14(24-8)20-7-19-9-12(16)17-6-18-13(9)20/h6-8,10-11,14,21H,5H2,1-4H3,(H2,16,17,18)/t8-,10-,11-,14-/m1/s1. The molecule has 1 saturated heterocycles. The van der Waals surface area contributed by atoms with Crippen LogP contribution in [0.25, 0.3) is 11.2 Å². The van der Waals surface area contributed by atoms with Crippen molar-refractivity contribution in [2.24, 2.45) is 0 Å². The SMILES string of the molecule is CO[C@H]1[C@@H](O)[C@H](n2cnc3c(N)ncnc32)O[C@@H]1COC(C)(C)C. The van der Waals surface area contributed by atoms with Crippen LogP contribution in [0, 0.1) is 0 Å². The van der Waals surface area contributed by atoms with Gasteiger partial charge in [0.25, 0.3) is 0 Å². The zero-order valence-corrected chi connectivity index (χ0v) is 14.2. The van der Waals surface area contributed by atoms with Gasteiger partial charge in [0.05, 0.1) is 18.5 Å². The van der Waals surface area contributed by atoms with Crippen LogP contribution in [0.4, 0.5) is 5.82 Å². The van der Waals surface area contributed by atoms with Crippen molar-refractivity contribution in [1.82, 2.24) is 19.5 Å². The Morgan fingerprint density at radius 3 is 2.75 bits per heavy atom. The zero-order valence-electron chi connectivity index (χ0n) is 14.2. The van der Waals surface area contributed by atoms with Crippen molar-refractivity contribution in [3.63, 3.8) is 0 Å². The number of methoxy groups -OCH3 is 1. The zero-order chi connectivity index (χ0) is 17.5. The van der Waals surface area contributed by atoms with Gasteiger partial charge in [-0.1, -0.05) is 0 Å². The lowest BCUT2D eigenvalue weighted by Crippen LogP contribution is -2.37. The first-order chi connectivity index (χ1) is 11.3. The molecular weight excluding hydrogens is 314 g/mol. The van der Waals surface area contributed by atoms with Crippen molar-refractivity contribution in [2.45, 2.75) is 50.9 Å². The highest BCUT2D eigenvalue weighted by Gasteiger charge is 2.46. The second-order valence-corrected chi connectivity index (χ2v) is 6.76. The highest BCUT2D eigenvalue weighted by atomic mass is 16.6. The maximum absolute atomic E-state index is 10.6. The number of rotatable bonds is 4. The molecule has 0 unspecified atom stereocenters. The quantitative estimate of drug-likeness (QED) is 0.828. The van der Waals surface area contributed by atoms with Gasteiger partial charge in [-0.05, 0) is 20.8 Å². The van der Waals surface area contributed by atoms with E-state index in [1.807, 2.05) is 20.8 Å². The van der Waals surface area contributed by atoms with Crippen molar-refractivity contribution < 1.29 is 19.3 Å². The molecule has 4 atom stereocenters. The summed E-state index contributed by atoms with van der Waals surface area (Å²) in [6.07, 6.45) is 0.369. The fraction of sp³-hybridized carbons (Fsp3) is 0.667. The Balaban J connectivity index is 1.86. The average Bonchev–Trinajstić information content (AvgIpc) is 3.06. The number of nitrogen functional groups attached to an aromatic ring is 1. The summed E-state index contributed by atoms with van der Waals surface area (Å²) in [5.41, 5.74) is 6.46. The molecule has 1 fully saturated rings. The molecule has 0 saturated carbocycles. The molecule has 24 heavy (non-hydrogen) atoms. The summed E-state index contributed by atoms with van der Waals surface area (Å²) in [5, 5.41) is 10.6. The number of hydrogen-bond acceptors (Lipinski definition) is 8. The first kappa shape index (κ1) is 17.0. The minimum atomic E-state index is -0.892. The number of fused-ring (bicyclic) bond motifs is 1. The molecule has 0 bridgehead atoms. The molecule has 9 nitrogen and oxygen atoms in total. The molecule has 1 aliphatic rings. The fourth-order valence-electron chi connectivity index (χ4n) is 2.76. The van der Waals surface area contributed by atoms with E-state index >= 15 is 0 Å². The summed E-state index contributed by atoms with van der Waals surface area (Å²) in [6.45, 7) is 6.18. The molecule has 1 aliphatic heterocycles. The van der Waals surface area contributed by atoms with E-state index in [0.29, 0.717) is 17.8 Å². The van der Waals surface area contributed by atoms with E-state index in [1.165, 1.54) is 19.8 Å². The van der Waals surface area contributed by atoms with Crippen molar-refractivity contribution in [3.8, 4) is 0 Å². The Hall–Kier alpha value is -1.81. The van der Waals surface area contributed by atoms with Gasteiger partial charge in [0.15, 0.2) is 17.7 Å². The van der Waals surface area contributed by atoms with E-state index in [0.717, 1.165) is 0 Å². The van der Waals surface area contributed by atoms with Gasteiger partial charge in [0, 0.05) is 7.11 Å². The van der Waals surface area contributed by atoms with Crippen molar-refractivity contribution in [3.05, 3.63) is 12.7 Å². The topological polar surface area (TPSA) is 118 Å². The Labute approximate surface area is 139 Å². The predicted molar refractivity (Wildman–Crippen MR) is 86.2 cm³/mol. The molecule has 0 radical (unpaired) electrons. The number of aliphatic hydroxyl groups excluding tert-OH is 1. The van der Waals surface area contributed by atoms with Crippen LogP contribution in [0.1, 0.15) is 27.0 Å². The van der Waals surface area contributed by atoms with Crippen LogP contribution in [-0.2, 0) is 14.2 Å². The van der Waals surface area contributed by atoms with Gasteiger partial charge < -0.3 is 25.1 Å². The molecule has 0 aliphatic carbocycles. The van der Waals surface area contributed by atoms with Crippen molar-refractivity contribution >= 4 is 17.0 Å². The Morgan fingerprint density at radius 2 is 2.08 bits per heavy atom. The lowest BCUT2D eigenvalue weighted by molar-refractivity contribution is -0.103. The third-order valence-electron chi connectivity index (χ3n) is 3.92. The molecule has 3 N–H and O–H groups in total. The molecule has 9 heteroatoms. The minimum absolute atomic E-state index is 0.280. The highest BCUT2D eigenvalue weighted by Crippen LogP contribution is 2.33. The smallest absolute Gasteiger partial charge is 0.167 e. The van der Waals surface area contributed by atoms with Crippen LogP contribution in [0.2, 0.25) is 0 Å². The number of imidazole rings is 1. The Bertz CT molecular complexity index is 713. The summed E-state index contributed by atoms with van der Waals surface area (Å²) in [6, 6.07) is 0. The normalized spacial score (nSPS) is 27.9. The van der Waals surface area contributed by atoms with Crippen molar-refractivity contribution in [2.75, 3.05) is 19.5 Å². The van der Waals surface area contributed by atoms with Gasteiger partial charge in [0.2, 0.25) is 0 Å². The second-order valence-electron chi connectivity index (χ2n) is 6.76. The van der Waals surface area contributed by atoms with E-state index in [4.69, 9.17) is 19.9 Å². The summed E-state index contributed by atoms with van der Waals surface area (Å²) in [4.78, 5) is 12.3. The number of ether oxygens (including phenoxy) is 3. The monoisotopic (exact) mass is 337 g/mol. The number of nitrogens with zero attached hydrogens (tertiary/aromatic N) is 4. The maximum Gasteiger partial charge on any atom is 0.167 e. The molecule has 0 aromatic carbocycles. The van der Waals surface area contributed by atoms with Gasteiger partial charge in [-0.25, -0.2) is 15.0 Å². The van der Waals surface area contributed by atoms with E-state index in [-0.39, 0.29) is 11.4 Å². The number of anilines is 1. The van der Waals surface area contributed by atoms with Gasteiger partial charge in [-0.15, -0.1) is 0 Å². The number of aromatic nitrogens is 4. The highest BCUT2D eigenvalue weighted by molar-refractivity contribution is 5.81. The summed E-state index contributed by atoms with van der Waals surface area (Å²) in [5.74, 6) is 0.280. The van der Waals surface area contributed by atoms with Crippen LogP contribution in [-0.4, -0.2) is 62.3 Å². The predicted octanol–water partition coefficient (Wildman–Crippen LogP) is 0.497. The molecule has 3 heterocycles. The van der Waals surface area contributed by atoms with Crippen LogP contribution in [0.15, 0.2) is 12.7 Å². The van der Waals surface area contributed by atoms with Crippen molar-refractivity contribution in [1.29, 1.82) is 0 Å². The first-order valence-electron chi connectivity index (χ1n) is 7.75. The molecule has 0 spiro atoms. The summed E-state index contributed by atoms with van der Waals surface area (Å²) < 4.78 is 18.8. The van der Waals surface area contributed by atoms with Gasteiger partial charge in [0.1, 0.15) is 30.2 Å². The van der Waals surface area contributed by atoms with E-state index in [1.54, 1.807) is 4.57 Å². The fourth-order valence-corrected chi connectivity index (χ4v) is 2.76. The third-order valence-corrected chi connectivity index (χ3v) is 3.92. The number of nitrogens with two attached hydrogens (primary N) is 1. The number of hydrogen-bond donors (Lipinski definition) is 2. The van der Waals surface area contributed by atoms with Crippen LogP contribution < -0.4 is 5.73 Å². The average molecular weight is 337 g/mol. The van der Waals surface area contributed by atoms with Gasteiger partial charge >= 0.3 is 0 Å². The van der Waals surface area contributed by atoms with Crippen LogP contribution >= 0.6 is 0 Å². The first-order valence-corrected chi connectivity index (χ1v) is 7.75. The molecule has 2 aromatic heterocycles. The van der Waals surface area contributed by atoms with Crippen LogP contribution in [0.3, 0.4) is 0 Å². The lowest BCUT2D eigenvalue weighted by Gasteiger charge is -2.24. The van der Waals surface area contributed by atoms with E-state index in [9.17, 15) is 5.11 Å². The molecule has 132 valence electrons. The molecule has 2 aromatic rings.